The first-order valence-corrected chi connectivity index (χ1v) is 6.55. The lowest BCUT2D eigenvalue weighted by molar-refractivity contribution is 0.0955. The predicted octanol–water partition coefficient (Wildman–Crippen LogP) is 3.75. The summed E-state index contributed by atoms with van der Waals surface area (Å²) in [4.78, 5) is 11.9. The summed E-state index contributed by atoms with van der Waals surface area (Å²) in [6.07, 6.45) is 1.73. The molecule has 1 N–H and O–H groups in total. The Kier molecular flexibility index (Phi) is 4.51. The highest BCUT2D eigenvalue weighted by Gasteiger charge is 2.14. The van der Waals surface area contributed by atoms with Crippen molar-refractivity contribution >= 4 is 12.1 Å². The van der Waals surface area contributed by atoms with Gasteiger partial charge in [0.2, 0.25) is 0 Å². The van der Waals surface area contributed by atoms with Crippen LogP contribution in [0, 0.1) is 5.41 Å². The molecular formula is C16H24N2O. The Morgan fingerprint density at radius 3 is 2.00 bits per heavy atom. The van der Waals surface area contributed by atoms with E-state index in [1.807, 2.05) is 45.0 Å². The number of benzene rings is 1. The number of carbonyl (C=O) groups is 1. The Balaban J connectivity index is 2.72. The Morgan fingerprint density at radius 1 is 1.05 bits per heavy atom. The summed E-state index contributed by atoms with van der Waals surface area (Å²) in [5, 5.41) is 3.97. The van der Waals surface area contributed by atoms with Gasteiger partial charge in [-0.1, -0.05) is 53.7 Å². The number of rotatable bonds is 2. The van der Waals surface area contributed by atoms with E-state index in [9.17, 15) is 4.79 Å². The Labute approximate surface area is 116 Å². The normalized spacial score (nSPS) is 12.7. The van der Waals surface area contributed by atoms with Crippen molar-refractivity contribution in [3.8, 4) is 0 Å². The molecule has 0 atom stereocenters. The first kappa shape index (κ1) is 15.4. The molecule has 0 spiro atoms. The van der Waals surface area contributed by atoms with Gasteiger partial charge in [-0.15, -0.1) is 0 Å². The smallest absolute Gasteiger partial charge is 0.267 e. The van der Waals surface area contributed by atoms with Gasteiger partial charge in [-0.3, -0.25) is 4.79 Å². The molecule has 0 aromatic heterocycles. The van der Waals surface area contributed by atoms with Crippen molar-refractivity contribution in [2.24, 2.45) is 10.5 Å². The molecule has 3 heteroatoms. The number of nitrogens with zero attached hydrogens (tertiary/aromatic N) is 1. The van der Waals surface area contributed by atoms with Gasteiger partial charge >= 0.3 is 0 Å². The van der Waals surface area contributed by atoms with Gasteiger partial charge in [0.25, 0.3) is 5.91 Å². The van der Waals surface area contributed by atoms with Crippen molar-refractivity contribution in [1.29, 1.82) is 0 Å². The molecule has 0 saturated heterocycles. The zero-order valence-corrected chi connectivity index (χ0v) is 12.7. The average molecular weight is 260 g/mol. The van der Waals surface area contributed by atoms with E-state index in [0.29, 0.717) is 5.56 Å². The van der Waals surface area contributed by atoms with Gasteiger partial charge < -0.3 is 0 Å². The molecule has 0 heterocycles. The van der Waals surface area contributed by atoms with Crippen molar-refractivity contribution in [2.75, 3.05) is 0 Å². The van der Waals surface area contributed by atoms with Gasteiger partial charge in [0.15, 0.2) is 0 Å². The molecule has 0 radical (unpaired) electrons. The Bertz CT molecular complexity index is 459. The Morgan fingerprint density at radius 2 is 1.58 bits per heavy atom. The monoisotopic (exact) mass is 260 g/mol. The van der Waals surface area contributed by atoms with Crippen LogP contribution in [0.3, 0.4) is 0 Å². The zero-order valence-electron chi connectivity index (χ0n) is 12.7. The van der Waals surface area contributed by atoms with Crippen molar-refractivity contribution in [3.63, 3.8) is 0 Å². The van der Waals surface area contributed by atoms with Crippen molar-refractivity contribution < 1.29 is 4.79 Å². The molecule has 1 aromatic rings. The molecule has 1 aromatic carbocycles. The lowest BCUT2D eigenvalue weighted by Crippen LogP contribution is -2.20. The van der Waals surface area contributed by atoms with Crippen LogP contribution >= 0.6 is 0 Å². The van der Waals surface area contributed by atoms with E-state index in [0.717, 1.165) is 0 Å². The van der Waals surface area contributed by atoms with E-state index >= 15 is 0 Å². The van der Waals surface area contributed by atoms with Gasteiger partial charge in [0, 0.05) is 11.8 Å². The van der Waals surface area contributed by atoms with Gasteiger partial charge in [-0.05, 0) is 28.5 Å². The summed E-state index contributed by atoms with van der Waals surface area (Å²) in [6, 6.07) is 7.65. The van der Waals surface area contributed by atoms with Crippen LogP contribution in [0.4, 0.5) is 0 Å². The molecule has 19 heavy (non-hydrogen) atoms. The number of nitrogens with one attached hydrogen (secondary N) is 1. The first-order chi connectivity index (χ1) is 8.59. The summed E-state index contributed by atoms with van der Waals surface area (Å²) in [7, 11) is 0. The molecular weight excluding hydrogens is 236 g/mol. The summed E-state index contributed by atoms with van der Waals surface area (Å²) < 4.78 is 0. The minimum Gasteiger partial charge on any atom is -0.267 e. The van der Waals surface area contributed by atoms with Crippen LogP contribution in [0.5, 0.6) is 0 Å². The van der Waals surface area contributed by atoms with Crippen molar-refractivity contribution in [1.82, 2.24) is 5.43 Å². The maximum absolute atomic E-state index is 11.9. The molecule has 1 rings (SSSR count). The fourth-order valence-corrected chi connectivity index (χ4v) is 1.47. The number of amides is 1. The topological polar surface area (TPSA) is 41.5 Å². The fourth-order valence-electron chi connectivity index (χ4n) is 1.47. The number of carbonyl (C=O) groups excluding carboxylic acids is 1. The lowest BCUT2D eigenvalue weighted by atomic mass is 9.87. The van der Waals surface area contributed by atoms with Crippen molar-refractivity contribution in [3.05, 3.63) is 35.4 Å². The number of hydrogen-bond donors (Lipinski definition) is 1. The predicted molar refractivity (Wildman–Crippen MR) is 80.6 cm³/mol. The van der Waals surface area contributed by atoms with Gasteiger partial charge in [0.1, 0.15) is 0 Å². The molecule has 1 amide bonds. The SMILES string of the molecule is CC(C)(C)/C=N\NC(=O)c1ccc(C(C)(C)C)cc1. The molecule has 0 aliphatic heterocycles. The van der Waals surface area contributed by atoms with Crippen LogP contribution < -0.4 is 5.43 Å². The second-order valence-electron chi connectivity index (χ2n) is 6.89. The molecule has 0 bridgehead atoms. The number of hydrogen-bond acceptors (Lipinski definition) is 2. The summed E-state index contributed by atoms with van der Waals surface area (Å²) in [5.41, 5.74) is 4.44. The second kappa shape index (κ2) is 5.55. The van der Waals surface area contributed by atoms with Crippen LogP contribution in [-0.4, -0.2) is 12.1 Å². The van der Waals surface area contributed by atoms with Crippen LogP contribution in [0.15, 0.2) is 29.4 Å². The van der Waals surface area contributed by atoms with Gasteiger partial charge in [-0.2, -0.15) is 5.10 Å². The highest BCUT2D eigenvalue weighted by Crippen LogP contribution is 2.22. The third-order valence-electron chi connectivity index (χ3n) is 2.63. The fraction of sp³-hybridized carbons (Fsp3) is 0.500. The minimum atomic E-state index is -0.180. The van der Waals surface area contributed by atoms with E-state index in [1.165, 1.54) is 5.56 Å². The van der Waals surface area contributed by atoms with E-state index < -0.39 is 0 Å². The molecule has 104 valence electrons. The standard InChI is InChI=1S/C16H24N2O/c1-15(2,3)11-17-18-14(19)12-7-9-13(10-8-12)16(4,5)6/h7-11H,1-6H3,(H,18,19)/b17-11-. The minimum absolute atomic E-state index is 0.0383. The lowest BCUT2D eigenvalue weighted by Gasteiger charge is -2.18. The van der Waals surface area contributed by atoms with Gasteiger partial charge in [0.05, 0.1) is 0 Å². The zero-order chi connectivity index (χ0) is 14.7. The molecule has 0 aliphatic rings. The summed E-state index contributed by atoms with van der Waals surface area (Å²) in [6.45, 7) is 12.5. The van der Waals surface area contributed by atoms with Crippen LogP contribution in [-0.2, 0) is 5.41 Å². The Hall–Kier alpha value is -1.64. The third kappa shape index (κ3) is 5.25. The van der Waals surface area contributed by atoms with Crippen LogP contribution in [0.1, 0.15) is 57.5 Å². The highest BCUT2D eigenvalue weighted by molar-refractivity contribution is 5.94. The van der Waals surface area contributed by atoms with Crippen LogP contribution in [0.25, 0.3) is 0 Å². The third-order valence-corrected chi connectivity index (χ3v) is 2.63. The summed E-state index contributed by atoms with van der Waals surface area (Å²) in [5.74, 6) is -0.180. The molecule has 3 nitrogen and oxygen atoms in total. The first-order valence-electron chi connectivity index (χ1n) is 6.55. The quantitative estimate of drug-likeness (QED) is 0.638. The highest BCUT2D eigenvalue weighted by atomic mass is 16.2. The molecule has 0 saturated carbocycles. The molecule has 0 aliphatic carbocycles. The molecule has 0 unspecified atom stereocenters. The second-order valence-corrected chi connectivity index (χ2v) is 6.89. The summed E-state index contributed by atoms with van der Waals surface area (Å²) >= 11 is 0. The van der Waals surface area contributed by atoms with E-state index in [2.05, 4.69) is 31.3 Å². The average Bonchev–Trinajstić information content (AvgIpc) is 2.26. The van der Waals surface area contributed by atoms with Gasteiger partial charge in [-0.25, -0.2) is 5.43 Å². The maximum Gasteiger partial charge on any atom is 0.271 e. The van der Waals surface area contributed by atoms with E-state index in [-0.39, 0.29) is 16.7 Å². The molecule has 0 fully saturated rings. The van der Waals surface area contributed by atoms with Crippen LogP contribution in [0.2, 0.25) is 0 Å². The largest absolute Gasteiger partial charge is 0.271 e. The van der Waals surface area contributed by atoms with E-state index in [4.69, 9.17) is 0 Å². The van der Waals surface area contributed by atoms with E-state index in [1.54, 1.807) is 6.21 Å². The maximum atomic E-state index is 11.9. The van der Waals surface area contributed by atoms with Crippen molar-refractivity contribution in [2.45, 2.75) is 47.0 Å². The number of hydrazone groups is 1.